The zero-order valence-electron chi connectivity index (χ0n) is 10.9. The van der Waals surface area contributed by atoms with Gasteiger partial charge in [0.2, 0.25) is 0 Å². The maximum absolute atomic E-state index is 12.2. The van der Waals surface area contributed by atoms with Crippen LogP contribution in [-0.2, 0) is 4.79 Å². The van der Waals surface area contributed by atoms with E-state index in [4.69, 9.17) is 0 Å². The Labute approximate surface area is 99.0 Å². The van der Waals surface area contributed by atoms with Crippen LogP contribution in [0.3, 0.4) is 0 Å². The van der Waals surface area contributed by atoms with Crippen LogP contribution in [-0.4, -0.2) is 5.78 Å². The summed E-state index contributed by atoms with van der Waals surface area (Å²) in [6, 6.07) is 0. The summed E-state index contributed by atoms with van der Waals surface area (Å²) < 4.78 is 0. The summed E-state index contributed by atoms with van der Waals surface area (Å²) in [6.45, 7) is 7.24. The van der Waals surface area contributed by atoms with Crippen LogP contribution in [0.5, 0.6) is 0 Å². The third-order valence-corrected chi connectivity index (χ3v) is 6.45. The Bertz CT molecular complexity index is 331. The van der Waals surface area contributed by atoms with Gasteiger partial charge >= 0.3 is 0 Å². The Kier molecular flexibility index (Phi) is 1.97. The van der Waals surface area contributed by atoms with Gasteiger partial charge in [-0.2, -0.15) is 0 Å². The molecule has 4 saturated carbocycles. The lowest BCUT2D eigenvalue weighted by molar-refractivity contribution is -0.170. The van der Waals surface area contributed by atoms with Crippen LogP contribution in [0.4, 0.5) is 0 Å². The van der Waals surface area contributed by atoms with Gasteiger partial charge in [-0.15, -0.1) is 0 Å². The number of rotatable bonds is 0. The maximum Gasteiger partial charge on any atom is 0.136 e. The first kappa shape index (κ1) is 10.8. The standard InChI is InChI=1S/C15H24O/c1-13(2)5-4-12(16)11-10-14(3)6-8-15(11,13)9-7-14/h11H,4-10H2,1-3H3. The van der Waals surface area contributed by atoms with Crippen LogP contribution in [0.15, 0.2) is 0 Å². The van der Waals surface area contributed by atoms with E-state index in [1.165, 1.54) is 32.1 Å². The minimum absolute atomic E-state index is 0.375. The fourth-order valence-corrected chi connectivity index (χ4v) is 4.97. The summed E-state index contributed by atoms with van der Waals surface area (Å²) >= 11 is 0. The lowest BCUT2D eigenvalue weighted by atomic mass is 9.39. The Morgan fingerprint density at radius 1 is 1.00 bits per heavy atom. The molecule has 2 bridgehead atoms. The monoisotopic (exact) mass is 220 g/mol. The van der Waals surface area contributed by atoms with Gasteiger partial charge in [-0.05, 0) is 54.8 Å². The number of hydrogen-bond donors (Lipinski definition) is 0. The number of carbonyl (C=O) groups is 1. The predicted molar refractivity (Wildman–Crippen MR) is 65.1 cm³/mol. The smallest absolute Gasteiger partial charge is 0.136 e. The van der Waals surface area contributed by atoms with Crippen LogP contribution in [0.25, 0.3) is 0 Å². The molecule has 4 aliphatic rings. The van der Waals surface area contributed by atoms with Crippen LogP contribution >= 0.6 is 0 Å². The van der Waals surface area contributed by atoms with Crippen LogP contribution in [0, 0.1) is 22.2 Å². The summed E-state index contributed by atoms with van der Waals surface area (Å²) in [5.74, 6) is 0.994. The average molecular weight is 220 g/mol. The van der Waals surface area contributed by atoms with E-state index in [9.17, 15) is 4.79 Å². The second-order valence-corrected chi connectivity index (χ2v) is 7.57. The molecular weight excluding hydrogens is 196 g/mol. The summed E-state index contributed by atoms with van der Waals surface area (Å²) in [5.41, 5.74) is 1.27. The Balaban J connectivity index is 2.05. The van der Waals surface area contributed by atoms with Gasteiger partial charge in [-0.3, -0.25) is 4.79 Å². The Morgan fingerprint density at radius 3 is 2.25 bits per heavy atom. The molecule has 4 fully saturated rings. The summed E-state index contributed by atoms with van der Waals surface area (Å²) in [4.78, 5) is 12.2. The van der Waals surface area contributed by atoms with Crippen molar-refractivity contribution in [1.29, 1.82) is 0 Å². The number of ketones is 1. The highest BCUT2D eigenvalue weighted by atomic mass is 16.1. The highest BCUT2D eigenvalue weighted by Crippen LogP contribution is 2.68. The summed E-state index contributed by atoms with van der Waals surface area (Å²) in [5, 5.41) is 0. The van der Waals surface area contributed by atoms with Crippen molar-refractivity contribution in [2.75, 3.05) is 0 Å². The fraction of sp³-hybridized carbons (Fsp3) is 0.933. The van der Waals surface area contributed by atoms with Gasteiger partial charge in [0.15, 0.2) is 0 Å². The molecule has 0 aromatic heterocycles. The van der Waals surface area contributed by atoms with E-state index in [2.05, 4.69) is 20.8 Å². The van der Waals surface area contributed by atoms with Gasteiger partial charge in [0, 0.05) is 12.3 Å². The molecule has 1 spiro atoms. The summed E-state index contributed by atoms with van der Waals surface area (Å²) in [6.07, 6.45) is 8.50. The first-order valence-electron chi connectivity index (χ1n) is 6.91. The third kappa shape index (κ3) is 1.15. The van der Waals surface area contributed by atoms with Crippen LogP contribution in [0.2, 0.25) is 0 Å². The maximum atomic E-state index is 12.2. The molecule has 0 saturated heterocycles. The largest absolute Gasteiger partial charge is 0.299 e. The van der Waals surface area contributed by atoms with E-state index in [-0.39, 0.29) is 0 Å². The van der Waals surface area contributed by atoms with Gasteiger partial charge in [-0.1, -0.05) is 20.8 Å². The minimum atomic E-state index is 0.375. The molecular formula is C15H24O. The van der Waals surface area contributed by atoms with Gasteiger partial charge in [0.05, 0.1) is 0 Å². The Hall–Kier alpha value is -0.330. The lowest BCUT2D eigenvalue weighted by Crippen LogP contribution is -2.58. The second-order valence-electron chi connectivity index (χ2n) is 7.57. The molecule has 4 aliphatic carbocycles. The number of fused-ring (bicyclic) bond motifs is 2. The molecule has 0 heterocycles. The Morgan fingerprint density at radius 2 is 1.62 bits per heavy atom. The van der Waals surface area contributed by atoms with Crippen molar-refractivity contribution < 1.29 is 4.79 Å². The average Bonchev–Trinajstić information content (AvgIpc) is 2.24. The van der Waals surface area contributed by atoms with Crippen molar-refractivity contribution in [1.82, 2.24) is 0 Å². The number of hydrogen-bond acceptors (Lipinski definition) is 1. The van der Waals surface area contributed by atoms with Gasteiger partial charge in [0.1, 0.15) is 5.78 Å². The third-order valence-electron chi connectivity index (χ3n) is 6.45. The molecule has 0 aromatic carbocycles. The van der Waals surface area contributed by atoms with E-state index in [0.29, 0.717) is 27.9 Å². The minimum Gasteiger partial charge on any atom is -0.299 e. The van der Waals surface area contributed by atoms with Crippen molar-refractivity contribution in [3.8, 4) is 0 Å². The second kappa shape index (κ2) is 2.91. The molecule has 90 valence electrons. The lowest BCUT2D eigenvalue weighted by Gasteiger charge is -2.64. The molecule has 1 nitrogen and oxygen atoms in total. The molecule has 0 radical (unpaired) electrons. The molecule has 0 N–H and O–H groups in total. The predicted octanol–water partition coefficient (Wildman–Crippen LogP) is 3.96. The molecule has 1 unspecified atom stereocenters. The molecule has 1 atom stereocenters. The first-order valence-corrected chi connectivity index (χ1v) is 6.91. The van der Waals surface area contributed by atoms with Gasteiger partial charge < -0.3 is 0 Å². The van der Waals surface area contributed by atoms with E-state index in [0.717, 1.165) is 12.8 Å². The molecule has 16 heavy (non-hydrogen) atoms. The number of carbonyl (C=O) groups excluding carboxylic acids is 1. The zero-order chi connectivity index (χ0) is 11.6. The van der Waals surface area contributed by atoms with Crippen molar-refractivity contribution in [2.45, 2.75) is 65.7 Å². The van der Waals surface area contributed by atoms with Gasteiger partial charge in [-0.25, -0.2) is 0 Å². The highest BCUT2D eigenvalue weighted by molar-refractivity contribution is 5.83. The molecule has 4 rings (SSSR count). The van der Waals surface area contributed by atoms with E-state index < -0.39 is 0 Å². The van der Waals surface area contributed by atoms with Gasteiger partial charge in [0.25, 0.3) is 0 Å². The van der Waals surface area contributed by atoms with Crippen molar-refractivity contribution in [3.63, 3.8) is 0 Å². The zero-order valence-corrected chi connectivity index (χ0v) is 10.9. The van der Waals surface area contributed by atoms with E-state index in [1.807, 2.05) is 0 Å². The van der Waals surface area contributed by atoms with Crippen LogP contribution in [0.1, 0.15) is 65.7 Å². The van der Waals surface area contributed by atoms with Crippen molar-refractivity contribution in [2.24, 2.45) is 22.2 Å². The van der Waals surface area contributed by atoms with Crippen molar-refractivity contribution in [3.05, 3.63) is 0 Å². The molecule has 0 aromatic rings. The quantitative estimate of drug-likeness (QED) is 0.604. The van der Waals surface area contributed by atoms with Crippen molar-refractivity contribution >= 4 is 5.78 Å². The molecule has 0 amide bonds. The van der Waals surface area contributed by atoms with E-state index in [1.54, 1.807) is 0 Å². The van der Waals surface area contributed by atoms with E-state index >= 15 is 0 Å². The summed E-state index contributed by atoms with van der Waals surface area (Å²) in [7, 11) is 0. The topological polar surface area (TPSA) is 17.1 Å². The highest BCUT2D eigenvalue weighted by Gasteiger charge is 2.62. The molecule has 0 aliphatic heterocycles. The SMILES string of the molecule is CC12CCC3(CC1)C(C2)C(=O)CCC3(C)C. The first-order chi connectivity index (χ1) is 7.39. The fourth-order valence-electron chi connectivity index (χ4n) is 4.97. The number of Topliss-reactive ketones (excluding diaryl/α,β-unsaturated/α-hetero) is 1. The molecule has 1 heteroatoms. The normalized spacial score (nSPS) is 50.2. The van der Waals surface area contributed by atoms with Crippen LogP contribution < -0.4 is 0 Å².